The van der Waals surface area contributed by atoms with Gasteiger partial charge in [-0.2, -0.15) is 4.98 Å². The quantitative estimate of drug-likeness (QED) is 0.671. The lowest BCUT2D eigenvalue weighted by Gasteiger charge is -2.05. The van der Waals surface area contributed by atoms with E-state index in [1.165, 1.54) is 12.1 Å². The molecule has 0 saturated carbocycles. The molecule has 3 aromatic rings. The predicted molar refractivity (Wildman–Crippen MR) is 94.9 cm³/mol. The van der Waals surface area contributed by atoms with Crippen molar-refractivity contribution in [2.24, 2.45) is 0 Å². The van der Waals surface area contributed by atoms with Crippen LogP contribution in [0.15, 0.2) is 57.9 Å². The van der Waals surface area contributed by atoms with Crippen molar-refractivity contribution in [1.82, 2.24) is 10.1 Å². The van der Waals surface area contributed by atoms with E-state index < -0.39 is 0 Å². The number of aryl methyl sites for hydroxylation is 1. The van der Waals surface area contributed by atoms with E-state index in [-0.39, 0.29) is 18.1 Å². The van der Waals surface area contributed by atoms with E-state index in [1.807, 2.05) is 30.5 Å². The smallest absolute Gasteiger partial charge is 0.227 e. The Morgan fingerprint density at radius 3 is 2.80 bits per heavy atom. The third-order valence-corrected chi connectivity index (χ3v) is 4.22. The number of rotatable bonds is 6. The maximum atomic E-state index is 12.9. The van der Waals surface area contributed by atoms with Crippen molar-refractivity contribution in [3.8, 4) is 11.4 Å². The van der Waals surface area contributed by atoms with Crippen molar-refractivity contribution in [3.63, 3.8) is 0 Å². The Balaban J connectivity index is 1.56. The van der Waals surface area contributed by atoms with Gasteiger partial charge in [-0.3, -0.25) is 4.79 Å². The molecule has 1 N–H and O–H groups in total. The van der Waals surface area contributed by atoms with E-state index in [1.54, 1.807) is 23.9 Å². The van der Waals surface area contributed by atoms with Crippen molar-refractivity contribution < 1.29 is 13.7 Å². The minimum atomic E-state index is -0.324. The molecule has 3 rings (SSSR count). The zero-order valence-corrected chi connectivity index (χ0v) is 14.3. The van der Waals surface area contributed by atoms with E-state index in [2.05, 4.69) is 15.5 Å². The van der Waals surface area contributed by atoms with Crippen molar-refractivity contribution in [3.05, 3.63) is 60.2 Å². The Bertz CT molecular complexity index is 865. The molecule has 0 saturated heterocycles. The van der Waals surface area contributed by atoms with Crippen molar-refractivity contribution >= 4 is 23.4 Å². The van der Waals surface area contributed by atoms with Crippen LogP contribution in [0.1, 0.15) is 12.3 Å². The summed E-state index contributed by atoms with van der Waals surface area (Å²) in [6.07, 6.45) is 2.55. The van der Waals surface area contributed by atoms with Crippen molar-refractivity contribution in [1.29, 1.82) is 0 Å². The van der Waals surface area contributed by atoms with Crippen LogP contribution < -0.4 is 5.32 Å². The summed E-state index contributed by atoms with van der Waals surface area (Å²) in [5, 5.41) is 6.71. The van der Waals surface area contributed by atoms with Crippen LogP contribution in [0.25, 0.3) is 11.4 Å². The summed E-state index contributed by atoms with van der Waals surface area (Å²) in [6.45, 7) is 0. The van der Waals surface area contributed by atoms with Gasteiger partial charge in [0.2, 0.25) is 17.6 Å². The monoisotopic (exact) mass is 357 g/mol. The summed E-state index contributed by atoms with van der Waals surface area (Å²) in [6, 6.07) is 13.5. The zero-order chi connectivity index (χ0) is 17.6. The molecule has 7 heteroatoms. The fraction of sp³-hybridized carbons (Fsp3) is 0.167. The maximum Gasteiger partial charge on any atom is 0.227 e. The van der Waals surface area contributed by atoms with E-state index >= 15 is 0 Å². The molecule has 0 aliphatic carbocycles. The number of nitrogens with zero attached hydrogens (tertiary/aromatic N) is 2. The largest absolute Gasteiger partial charge is 0.339 e. The van der Waals surface area contributed by atoms with Crippen LogP contribution >= 0.6 is 11.8 Å². The highest BCUT2D eigenvalue weighted by Gasteiger charge is 2.11. The highest BCUT2D eigenvalue weighted by Crippen LogP contribution is 2.19. The Kier molecular flexibility index (Phi) is 5.45. The van der Waals surface area contributed by atoms with Crippen LogP contribution in [0.3, 0.4) is 0 Å². The molecule has 5 nitrogen and oxygen atoms in total. The molecular formula is C18H16FN3O2S. The summed E-state index contributed by atoms with van der Waals surface area (Å²) < 4.78 is 18.1. The van der Waals surface area contributed by atoms with Crippen molar-refractivity contribution in [2.75, 3.05) is 11.6 Å². The molecule has 128 valence electrons. The van der Waals surface area contributed by atoms with Gasteiger partial charge >= 0.3 is 0 Å². The van der Waals surface area contributed by atoms with Crippen LogP contribution in [0.5, 0.6) is 0 Å². The highest BCUT2D eigenvalue weighted by molar-refractivity contribution is 7.98. The van der Waals surface area contributed by atoms with Crippen LogP contribution in [-0.2, 0) is 11.2 Å². The molecule has 0 fully saturated rings. The lowest BCUT2D eigenvalue weighted by molar-refractivity contribution is -0.116. The van der Waals surface area contributed by atoms with Gasteiger partial charge in [-0.05, 0) is 48.7 Å². The van der Waals surface area contributed by atoms with Gasteiger partial charge in [-0.25, -0.2) is 4.39 Å². The van der Waals surface area contributed by atoms with Crippen LogP contribution in [0.4, 0.5) is 10.1 Å². The number of carbonyl (C=O) groups excluding carboxylic acids is 1. The SMILES string of the molecule is CSc1cccc(NC(=O)CCc2nc(-c3ccc(F)cc3)no2)c1. The molecular weight excluding hydrogens is 341 g/mol. The second-order valence-corrected chi connectivity index (χ2v) is 6.18. The average molecular weight is 357 g/mol. The fourth-order valence-corrected chi connectivity index (χ4v) is 2.68. The lowest BCUT2D eigenvalue weighted by atomic mass is 10.2. The lowest BCUT2D eigenvalue weighted by Crippen LogP contribution is -2.12. The van der Waals surface area contributed by atoms with Gasteiger partial charge in [0.05, 0.1) is 0 Å². The van der Waals surface area contributed by atoms with Gasteiger partial charge in [-0.15, -0.1) is 11.8 Å². The van der Waals surface area contributed by atoms with Crippen LogP contribution in [-0.4, -0.2) is 22.3 Å². The number of thioether (sulfide) groups is 1. The first kappa shape index (κ1) is 17.2. The van der Waals surface area contributed by atoms with E-state index in [4.69, 9.17) is 4.52 Å². The third-order valence-electron chi connectivity index (χ3n) is 3.49. The summed E-state index contributed by atoms with van der Waals surface area (Å²) in [7, 11) is 0. The minimum Gasteiger partial charge on any atom is -0.339 e. The number of benzene rings is 2. The molecule has 0 atom stereocenters. The number of hydrogen-bond acceptors (Lipinski definition) is 5. The summed E-state index contributed by atoms with van der Waals surface area (Å²) in [5.41, 5.74) is 1.42. The van der Waals surface area contributed by atoms with Gasteiger partial charge in [0.25, 0.3) is 0 Å². The van der Waals surface area contributed by atoms with E-state index in [0.29, 0.717) is 23.7 Å². The molecule has 0 unspecified atom stereocenters. The number of amides is 1. The maximum absolute atomic E-state index is 12.9. The van der Waals surface area contributed by atoms with Gasteiger partial charge in [0.15, 0.2) is 0 Å². The predicted octanol–water partition coefficient (Wildman–Crippen LogP) is 4.17. The Morgan fingerprint density at radius 2 is 2.04 bits per heavy atom. The molecule has 1 aromatic heterocycles. The minimum absolute atomic E-state index is 0.125. The summed E-state index contributed by atoms with van der Waals surface area (Å²) in [5.74, 6) is 0.296. The molecule has 0 aliphatic rings. The van der Waals surface area contributed by atoms with Gasteiger partial charge in [-0.1, -0.05) is 11.2 Å². The molecule has 1 heterocycles. The Hall–Kier alpha value is -2.67. The first-order valence-electron chi connectivity index (χ1n) is 7.66. The highest BCUT2D eigenvalue weighted by atomic mass is 32.2. The normalized spacial score (nSPS) is 10.6. The summed E-state index contributed by atoms with van der Waals surface area (Å²) >= 11 is 1.61. The molecule has 0 spiro atoms. The molecule has 2 aromatic carbocycles. The van der Waals surface area contributed by atoms with E-state index in [9.17, 15) is 9.18 Å². The third kappa shape index (κ3) is 4.67. The standard InChI is InChI=1S/C18H16FN3O2S/c1-25-15-4-2-3-14(11-15)20-16(23)9-10-17-21-18(22-24-17)12-5-7-13(19)8-6-12/h2-8,11H,9-10H2,1H3,(H,20,23). The van der Waals surface area contributed by atoms with Crippen LogP contribution in [0, 0.1) is 5.82 Å². The number of halogens is 1. The number of hydrogen-bond donors (Lipinski definition) is 1. The topological polar surface area (TPSA) is 68.0 Å². The second kappa shape index (κ2) is 7.94. The van der Waals surface area contributed by atoms with Gasteiger partial charge < -0.3 is 9.84 Å². The van der Waals surface area contributed by atoms with Crippen molar-refractivity contribution in [2.45, 2.75) is 17.7 Å². The molecule has 25 heavy (non-hydrogen) atoms. The number of nitrogens with one attached hydrogen (secondary N) is 1. The molecule has 0 bridgehead atoms. The molecule has 0 aliphatic heterocycles. The number of anilines is 1. The van der Waals surface area contributed by atoms with Gasteiger partial charge in [0.1, 0.15) is 5.82 Å². The number of aromatic nitrogens is 2. The average Bonchev–Trinajstić information content (AvgIpc) is 3.10. The molecule has 1 amide bonds. The Labute approximate surface area is 148 Å². The molecule has 0 radical (unpaired) electrons. The van der Waals surface area contributed by atoms with Crippen LogP contribution in [0.2, 0.25) is 0 Å². The first-order chi connectivity index (χ1) is 12.1. The number of carbonyl (C=O) groups is 1. The second-order valence-electron chi connectivity index (χ2n) is 5.30. The first-order valence-corrected chi connectivity index (χ1v) is 8.89. The van der Waals surface area contributed by atoms with Gasteiger partial charge in [0, 0.05) is 29.0 Å². The summed E-state index contributed by atoms with van der Waals surface area (Å²) in [4.78, 5) is 17.4. The zero-order valence-electron chi connectivity index (χ0n) is 13.5. The fourth-order valence-electron chi connectivity index (χ4n) is 2.22. The Morgan fingerprint density at radius 1 is 1.24 bits per heavy atom. The van der Waals surface area contributed by atoms with E-state index in [0.717, 1.165) is 10.6 Å².